The minimum Gasteiger partial charge on any atom is -0.317 e. The van der Waals surface area contributed by atoms with Gasteiger partial charge < -0.3 is 5.32 Å². The van der Waals surface area contributed by atoms with Crippen molar-refractivity contribution in [3.05, 3.63) is 83.8 Å². The smallest absolute Gasteiger partial charge is 0.211 e. The van der Waals surface area contributed by atoms with Gasteiger partial charge in [0.15, 0.2) is 0 Å². The van der Waals surface area contributed by atoms with Crippen LogP contribution in [0.2, 0.25) is 0 Å². The van der Waals surface area contributed by atoms with Crippen LogP contribution in [-0.2, 0) is 29.4 Å². The molecular formula is C26H32N4O2S. The molecule has 3 aromatic rings. The van der Waals surface area contributed by atoms with Crippen molar-refractivity contribution in [3.8, 4) is 11.3 Å². The molecule has 0 aliphatic carbocycles. The topological polar surface area (TPSA) is 75.2 Å². The average molecular weight is 465 g/mol. The molecule has 0 radical (unpaired) electrons. The second-order valence-electron chi connectivity index (χ2n) is 8.69. The van der Waals surface area contributed by atoms with Crippen molar-refractivity contribution >= 4 is 10.0 Å². The summed E-state index contributed by atoms with van der Waals surface area (Å²) < 4.78 is 26.7. The Morgan fingerprint density at radius 3 is 2.48 bits per heavy atom. The summed E-state index contributed by atoms with van der Waals surface area (Å²) in [6, 6.07) is 20.5. The number of piperidine rings is 1. The molecule has 0 spiro atoms. The van der Waals surface area contributed by atoms with E-state index in [9.17, 15) is 8.42 Å². The van der Waals surface area contributed by atoms with Crippen LogP contribution < -0.4 is 5.32 Å². The standard InChI is InChI=1S/C26H32N4O2S/c1-33(31,32)30(24-13-16-27-17-14-24)20-22-10-5-11-23(19-22)25-15-18-28-26(29-25)12-6-9-21-7-3-2-4-8-21/h2-5,7-8,10-11,15,18-19,24,27H,6,9,12-14,16-17,20H2,1H3. The maximum atomic E-state index is 12.5. The summed E-state index contributed by atoms with van der Waals surface area (Å²) in [6.07, 6.45) is 7.61. The van der Waals surface area contributed by atoms with E-state index in [2.05, 4.69) is 40.6 Å². The lowest BCUT2D eigenvalue weighted by atomic mass is 10.0. The number of sulfonamides is 1. The molecule has 1 saturated heterocycles. The highest BCUT2D eigenvalue weighted by atomic mass is 32.2. The van der Waals surface area contributed by atoms with Crippen molar-refractivity contribution in [3.63, 3.8) is 0 Å². The quantitative estimate of drug-likeness (QED) is 0.521. The second kappa shape index (κ2) is 11.0. The Bertz CT molecular complexity index is 1150. The molecule has 7 heteroatoms. The zero-order valence-electron chi connectivity index (χ0n) is 19.2. The van der Waals surface area contributed by atoms with E-state index < -0.39 is 10.0 Å². The predicted octanol–water partition coefficient (Wildman–Crippen LogP) is 3.83. The molecule has 1 aliphatic rings. The molecule has 2 aromatic carbocycles. The third-order valence-electron chi connectivity index (χ3n) is 6.12. The molecule has 2 heterocycles. The van der Waals surface area contributed by atoms with Gasteiger partial charge in [0.25, 0.3) is 0 Å². The van der Waals surface area contributed by atoms with Gasteiger partial charge >= 0.3 is 0 Å². The van der Waals surface area contributed by atoms with Gasteiger partial charge in [0, 0.05) is 30.8 Å². The summed E-state index contributed by atoms with van der Waals surface area (Å²) in [4.78, 5) is 9.24. The molecule has 0 atom stereocenters. The van der Waals surface area contributed by atoms with Gasteiger partial charge in [0.05, 0.1) is 11.9 Å². The number of nitrogens with one attached hydrogen (secondary N) is 1. The molecule has 0 unspecified atom stereocenters. The van der Waals surface area contributed by atoms with E-state index in [4.69, 9.17) is 4.98 Å². The van der Waals surface area contributed by atoms with Crippen molar-refractivity contribution in [2.45, 2.75) is 44.7 Å². The number of rotatable bonds is 9. The highest BCUT2D eigenvalue weighted by Crippen LogP contribution is 2.23. The van der Waals surface area contributed by atoms with E-state index in [0.717, 1.165) is 67.8 Å². The number of nitrogens with zero attached hydrogens (tertiary/aromatic N) is 3. The van der Waals surface area contributed by atoms with E-state index in [-0.39, 0.29) is 6.04 Å². The SMILES string of the molecule is CS(=O)(=O)N(Cc1cccc(-c2ccnc(CCCc3ccccc3)n2)c1)C1CCNCC1. The Labute approximate surface area is 197 Å². The fourth-order valence-corrected chi connectivity index (χ4v) is 5.53. The Hall–Kier alpha value is -2.61. The van der Waals surface area contributed by atoms with Crippen molar-refractivity contribution < 1.29 is 8.42 Å². The lowest BCUT2D eigenvalue weighted by Crippen LogP contribution is -2.45. The first-order chi connectivity index (χ1) is 16.0. The minimum atomic E-state index is -3.30. The summed E-state index contributed by atoms with van der Waals surface area (Å²) >= 11 is 0. The van der Waals surface area contributed by atoms with Gasteiger partial charge in [-0.15, -0.1) is 0 Å². The highest BCUT2D eigenvalue weighted by Gasteiger charge is 2.28. The van der Waals surface area contributed by atoms with E-state index in [1.54, 1.807) is 4.31 Å². The van der Waals surface area contributed by atoms with Crippen LogP contribution in [0, 0.1) is 0 Å². The van der Waals surface area contributed by atoms with Crippen molar-refractivity contribution in [1.29, 1.82) is 0 Å². The van der Waals surface area contributed by atoms with E-state index >= 15 is 0 Å². The van der Waals surface area contributed by atoms with Crippen LogP contribution in [0.5, 0.6) is 0 Å². The highest BCUT2D eigenvalue weighted by molar-refractivity contribution is 7.88. The van der Waals surface area contributed by atoms with Crippen LogP contribution in [0.25, 0.3) is 11.3 Å². The van der Waals surface area contributed by atoms with Gasteiger partial charge in [-0.25, -0.2) is 18.4 Å². The fourth-order valence-electron chi connectivity index (χ4n) is 4.40. The fraction of sp³-hybridized carbons (Fsp3) is 0.385. The third-order valence-corrected chi connectivity index (χ3v) is 7.40. The average Bonchev–Trinajstić information content (AvgIpc) is 2.83. The Balaban J connectivity index is 1.46. The van der Waals surface area contributed by atoms with Gasteiger partial charge in [-0.2, -0.15) is 4.31 Å². The minimum absolute atomic E-state index is 0.0418. The normalized spacial score (nSPS) is 15.1. The van der Waals surface area contributed by atoms with Crippen LogP contribution in [0.15, 0.2) is 66.9 Å². The number of aromatic nitrogens is 2. The number of hydrogen-bond donors (Lipinski definition) is 1. The molecule has 0 bridgehead atoms. The lowest BCUT2D eigenvalue weighted by Gasteiger charge is -2.32. The molecule has 1 aromatic heterocycles. The zero-order chi connectivity index (χ0) is 23.1. The Morgan fingerprint density at radius 2 is 1.73 bits per heavy atom. The van der Waals surface area contributed by atoms with Crippen molar-refractivity contribution in [1.82, 2.24) is 19.6 Å². The maximum absolute atomic E-state index is 12.5. The van der Waals surface area contributed by atoms with Crippen molar-refractivity contribution in [2.75, 3.05) is 19.3 Å². The van der Waals surface area contributed by atoms with Crippen LogP contribution in [0.1, 0.15) is 36.2 Å². The van der Waals surface area contributed by atoms with Gasteiger partial charge in [-0.3, -0.25) is 0 Å². The van der Waals surface area contributed by atoms with Crippen LogP contribution in [0.3, 0.4) is 0 Å². The first-order valence-corrected chi connectivity index (χ1v) is 13.5. The molecule has 1 fully saturated rings. The van der Waals surface area contributed by atoms with Gasteiger partial charge in [-0.1, -0.05) is 48.5 Å². The van der Waals surface area contributed by atoms with Crippen LogP contribution in [-0.4, -0.2) is 48.1 Å². The maximum Gasteiger partial charge on any atom is 0.211 e. The zero-order valence-corrected chi connectivity index (χ0v) is 20.0. The summed E-state index contributed by atoms with van der Waals surface area (Å²) in [7, 11) is -3.30. The Kier molecular flexibility index (Phi) is 7.85. The molecule has 174 valence electrons. The molecule has 6 nitrogen and oxygen atoms in total. The molecule has 0 amide bonds. The van der Waals surface area contributed by atoms with E-state index in [1.165, 1.54) is 11.8 Å². The molecule has 0 saturated carbocycles. The second-order valence-corrected chi connectivity index (χ2v) is 10.6. The van der Waals surface area contributed by atoms with E-state index in [1.807, 2.05) is 36.5 Å². The predicted molar refractivity (Wildman–Crippen MR) is 132 cm³/mol. The number of aryl methyl sites for hydroxylation is 2. The largest absolute Gasteiger partial charge is 0.317 e. The third kappa shape index (κ3) is 6.69. The molecule has 33 heavy (non-hydrogen) atoms. The van der Waals surface area contributed by atoms with Gasteiger partial charge in [0.2, 0.25) is 10.0 Å². The summed E-state index contributed by atoms with van der Waals surface area (Å²) in [5.74, 6) is 0.835. The summed E-state index contributed by atoms with van der Waals surface area (Å²) in [5.41, 5.74) is 4.15. The molecule has 4 rings (SSSR count). The van der Waals surface area contributed by atoms with Crippen molar-refractivity contribution in [2.24, 2.45) is 0 Å². The molecule has 1 N–H and O–H groups in total. The molecular weight excluding hydrogens is 432 g/mol. The monoisotopic (exact) mass is 464 g/mol. The first-order valence-electron chi connectivity index (χ1n) is 11.6. The lowest BCUT2D eigenvalue weighted by molar-refractivity contribution is 0.258. The van der Waals surface area contributed by atoms with Gasteiger partial charge in [0.1, 0.15) is 5.82 Å². The van der Waals surface area contributed by atoms with Crippen LogP contribution in [0.4, 0.5) is 0 Å². The van der Waals surface area contributed by atoms with Gasteiger partial charge in [-0.05, 0) is 62.0 Å². The Morgan fingerprint density at radius 1 is 0.970 bits per heavy atom. The van der Waals surface area contributed by atoms with Crippen LogP contribution >= 0.6 is 0 Å². The summed E-state index contributed by atoms with van der Waals surface area (Å²) in [5, 5.41) is 3.31. The molecule has 1 aliphatic heterocycles. The number of benzene rings is 2. The number of hydrogen-bond acceptors (Lipinski definition) is 5. The first kappa shape index (κ1) is 23.5. The summed E-state index contributed by atoms with van der Waals surface area (Å²) in [6.45, 7) is 2.09. The van der Waals surface area contributed by atoms with E-state index in [0.29, 0.717) is 6.54 Å².